The Hall–Kier alpha value is -1.92. The topological polar surface area (TPSA) is 73.9 Å². The van der Waals surface area contributed by atoms with Crippen molar-refractivity contribution in [3.8, 4) is 11.8 Å². The smallest absolute Gasteiger partial charge is 0.325 e. The maximum atomic E-state index is 6.13. The first-order valence-electron chi connectivity index (χ1n) is 5.64. The first-order chi connectivity index (χ1) is 9.63. The number of hydrogen-bond acceptors (Lipinski definition) is 5. The molecule has 0 saturated carbocycles. The van der Waals surface area contributed by atoms with Gasteiger partial charge in [-0.1, -0.05) is 11.6 Å². The maximum Gasteiger partial charge on any atom is 0.325 e. The van der Waals surface area contributed by atoms with Gasteiger partial charge in [-0.15, -0.1) is 0 Å². The van der Waals surface area contributed by atoms with Gasteiger partial charge in [0.25, 0.3) is 0 Å². The minimum atomic E-state index is 0.145. The number of benzene rings is 1. The molecule has 0 atom stereocenters. The summed E-state index contributed by atoms with van der Waals surface area (Å²) in [6.45, 7) is 0. The lowest BCUT2D eigenvalue weighted by molar-refractivity contribution is 0.445. The van der Waals surface area contributed by atoms with Crippen molar-refractivity contribution >= 4 is 44.3 Å². The molecule has 0 fully saturated rings. The summed E-state index contributed by atoms with van der Waals surface area (Å²) in [5.41, 5.74) is 6.29. The van der Waals surface area contributed by atoms with E-state index in [1.807, 2.05) is 12.1 Å². The second-order valence-electron chi connectivity index (χ2n) is 3.95. The van der Waals surface area contributed by atoms with Crippen LogP contribution in [0.5, 0.6) is 11.8 Å². The molecule has 0 saturated heterocycles. The Balaban J connectivity index is 2.09. The molecule has 2 heterocycles. The standard InChI is InChI=1S/C13H8BrClN4O/c14-10-6-11(16)19-13(18-10)20-9-4-3-8(15)7-2-1-5-17-12(7)9/h1-6H,(H2,16,18,19). The third-order valence-corrected chi connectivity index (χ3v) is 3.31. The Morgan fingerprint density at radius 2 is 2.05 bits per heavy atom. The Morgan fingerprint density at radius 1 is 1.20 bits per heavy atom. The van der Waals surface area contributed by atoms with E-state index in [-0.39, 0.29) is 6.01 Å². The molecule has 2 aromatic heterocycles. The Labute approximate surface area is 127 Å². The van der Waals surface area contributed by atoms with Crippen molar-refractivity contribution in [1.29, 1.82) is 0 Å². The molecule has 0 spiro atoms. The average Bonchev–Trinajstić information content (AvgIpc) is 2.41. The van der Waals surface area contributed by atoms with Gasteiger partial charge in [0.1, 0.15) is 15.9 Å². The summed E-state index contributed by atoms with van der Waals surface area (Å²) in [6.07, 6.45) is 1.67. The summed E-state index contributed by atoms with van der Waals surface area (Å²) in [5.74, 6) is 0.829. The molecule has 20 heavy (non-hydrogen) atoms. The van der Waals surface area contributed by atoms with Crippen LogP contribution in [0.2, 0.25) is 5.02 Å². The van der Waals surface area contributed by atoms with Crippen molar-refractivity contribution < 1.29 is 4.74 Å². The van der Waals surface area contributed by atoms with E-state index in [1.54, 1.807) is 24.4 Å². The first-order valence-corrected chi connectivity index (χ1v) is 6.82. The lowest BCUT2D eigenvalue weighted by Gasteiger charge is -2.08. The number of hydrogen-bond donors (Lipinski definition) is 1. The SMILES string of the molecule is Nc1cc(Br)nc(Oc2ccc(Cl)c3cccnc23)n1. The zero-order valence-corrected chi connectivity index (χ0v) is 12.4. The summed E-state index contributed by atoms with van der Waals surface area (Å²) in [7, 11) is 0. The van der Waals surface area contributed by atoms with E-state index in [0.717, 1.165) is 5.39 Å². The van der Waals surface area contributed by atoms with Gasteiger partial charge < -0.3 is 10.5 Å². The van der Waals surface area contributed by atoms with Crippen molar-refractivity contribution in [1.82, 2.24) is 15.0 Å². The van der Waals surface area contributed by atoms with Gasteiger partial charge in [0.2, 0.25) is 0 Å². The molecule has 0 aliphatic heterocycles. The highest BCUT2D eigenvalue weighted by atomic mass is 79.9. The monoisotopic (exact) mass is 350 g/mol. The largest absolute Gasteiger partial charge is 0.422 e. The fraction of sp³-hybridized carbons (Fsp3) is 0. The van der Waals surface area contributed by atoms with E-state index in [4.69, 9.17) is 22.1 Å². The van der Waals surface area contributed by atoms with Crippen molar-refractivity contribution in [2.24, 2.45) is 0 Å². The zero-order chi connectivity index (χ0) is 14.1. The molecule has 3 rings (SSSR count). The van der Waals surface area contributed by atoms with E-state index in [1.165, 1.54) is 0 Å². The summed E-state index contributed by atoms with van der Waals surface area (Å²) in [6, 6.07) is 8.87. The van der Waals surface area contributed by atoms with E-state index in [0.29, 0.717) is 26.7 Å². The molecule has 5 nitrogen and oxygen atoms in total. The van der Waals surface area contributed by atoms with E-state index in [2.05, 4.69) is 30.9 Å². The van der Waals surface area contributed by atoms with Crippen LogP contribution < -0.4 is 10.5 Å². The summed E-state index contributed by atoms with van der Waals surface area (Å²) in [5, 5.41) is 1.41. The van der Waals surface area contributed by atoms with E-state index in [9.17, 15) is 0 Å². The molecule has 0 unspecified atom stereocenters. The van der Waals surface area contributed by atoms with Crippen LogP contribution in [0.3, 0.4) is 0 Å². The van der Waals surface area contributed by atoms with Gasteiger partial charge in [0.15, 0.2) is 5.75 Å². The lowest BCUT2D eigenvalue weighted by atomic mass is 10.2. The molecular weight excluding hydrogens is 344 g/mol. The number of pyridine rings is 1. The number of fused-ring (bicyclic) bond motifs is 1. The molecule has 0 aliphatic carbocycles. The fourth-order valence-electron chi connectivity index (χ4n) is 1.75. The van der Waals surface area contributed by atoms with Crippen molar-refractivity contribution in [2.75, 3.05) is 5.73 Å². The van der Waals surface area contributed by atoms with Crippen LogP contribution in [-0.4, -0.2) is 15.0 Å². The van der Waals surface area contributed by atoms with Crippen molar-refractivity contribution in [3.05, 3.63) is 46.2 Å². The normalized spacial score (nSPS) is 10.7. The molecule has 0 aliphatic rings. The van der Waals surface area contributed by atoms with Crippen LogP contribution >= 0.6 is 27.5 Å². The number of halogens is 2. The molecule has 100 valence electrons. The average molecular weight is 352 g/mol. The Bertz CT molecular complexity index is 776. The second kappa shape index (κ2) is 5.22. The maximum absolute atomic E-state index is 6.13. The summed E-state index contributed by atoms with van der Waals surface area (Å²) >= 11 is 9.37. The van der Waals surface area contributed by atoms with Crippen molar-refractivity contribution in [2.45, 2.75) is 0 Å². The molecule has 2 N–H and O–H groups in total. The van der Waals surface area contributed by atoms with Gasteiger partial charge >= 0.3 is 6.01 Å². The fourth-order valence-corrected chi connectivity index (χ4v) is 2.35. The zero-order valence-electron chi connectivity index (χ0n) is 10.0. The van der Waals surface area contributed by atoms with Crippen LogP contribution in [0.1, 0.15) is 0 Å². The van der Waals surface area contributed by atoms with Crippen LogP contribution in [0, 0.1) is 0 Å². The van der Waals surface area contributed by atoms with Gasteiger partial charge in [-0.05, 0) is 40.2 Å². The predicted molar refractivity (Wildman–Crippen MR) is 81.0 cm³/mol. The quantitative estimate of drug-likeness (QED) is 0.711. The lowest BCUT2D eigenvalue weighted by Crippen LogP contribution is -1.97. The van der Waals surface area contributed by atoms with Gasteiger partial charge in [0.05, 0.1) is 5.02 Å². The Morgan fingerprint density at radius 3 is 2.85 bits per heavy atom. The van der Waals surface area contributed by atoms with Crippen LogP contribution in [-0.2, 0) is 0 Å². The van der Waals surface area contributed by atoms with Gasteiger partial charge in [-0.25, -0.2) is 0 Å². The highest BCUT2D eigenvalue weighted by Gasteiger charge is 2.10. The molecule has 1 aromatic carbocycles. The Kier molecular flexibility index (Phi) is 3.42. The highest BCUT2D eigenvalue weighted by Crippen LogP contribution is 2.32. The van der Waals surface area contributed by atoms with Gasteiger partial charge in [-0.3, -0.25) is 4.98 Å². The van der Waals surface area contributed by atoms with Gasteiger partial charge in [0, 0.05) is 17.6 Å². The van der Waals surface area contributed by atoms with E-state index >= 15 is 0 Å². The van der Waals surface area contributed by atoms with Crippen LogP contribution in [0.4, 0.5) is 5.82 Å². The van der Waals surface area contributed by atoms with Gasteiger partial charge in [-0.2, -0.15) is 9.97 Å². The summed E-state index contributed by atoms with van der Waals surface area (Å²) in [4.78, 5) is 12.4. The second-order valence-corrected chi connectivity index (χ2v) is 5.16. The minimum Gasteiger partial charge on any atom is -0.422 e. The first kappa shape index (κ1) is 13.1. The third kappa shape index (κ3) is 2.52. The molecule has 7 heteroatoms. The predicted octanol–water partition coefficient (Wildman–Crippen LogP) is 3.82. The molecule has 0 amide bonds. The third-order valence-electron chi connectivity index (χ3n) is 2.57. The molecule has 0 radical (unpaired) electrons. The minimum absolute atomic E-state index is 0.145. The van der Waals surface area contributed by atoms with Crippen LogP contribution in [0.15, 0.2) is 41.1 Å². The molecule has 0 bridgehead atoms. The number of nitrogen functional groups attached to an aromatic ring is 1. The number of nitrogens with zero attached hydrogens (tertiary/aromatic N) is 3. The molecule has 3 aromatic rings. The number of nitrogens with two attached hydrogens (primary N) is 1. The van der Waals surface area contributed by atoms with E-state index < -0.39 is 0 Å². The van der Waals surface area contributed by atoms with Crippen molar-refractivity contribution in [3.63, 3.8) is 0 Å². The number of rotatable bonds is 2. The number of aromatic nitrogens is 3. The van der Waals surface area contributed by atoms with Crippen LogP contribution in [0.25, 0.3) is 10.9 Å². The molecular formula is C13H8BrClN4O. The number of anilines is 1. The number of ether oxygens (including phenoxy) is 1. The summed E-state index contributed by atoms with van der Waals surface area (Å²) < 4.78 is 6.20. The highest BCUT2D eigenvalue weighted by molar-refractivity contribution is 9.10.